The van der Waals surface area contributed by atoms with E-state index in [9.17, 15) is 9.90 Å². The molecule has 3 aromatic carbocycles. The van der Waals surface area contributed by atoms with Crippen LogP contribution >= 0.6 is 22.7 Å². The van der Waals surface area contributed by atoms with E-state index in [1.165, 1.54) is 58.2 Å². The maximum atomic E-state index is 12.2. The predicted octanol–water partition coefficient (Wildman–Crippen LogP) is 12.9. The van der Waals surface area contributed by atoms with E-state index in [1.54, 1.807) is 0 Å². The molecule has 1 aliphatic rings. The van der Waals surface area contributed by atoms with Gasteiger partial charge in [-0.3, -0.25) is 4.79 Å². The van der Waals surface area contributed by atoms with E-state index in [-0.39, 0.29) is 47.9 Å². The Morgan fingerprint density at radius 1 is 0.920 bits per heavy atom. The number of benzene rings is 3. The minimum Gasteiger partial charge on any atom is -0.512 e. The Bertz CT molecular complexity index is 2090. The van der Waals surface area contributed by atoms with E-state index in [0.717, 1.165) is 42.3 Å². The van der Waals surface area contributed by atoms with Crippen molar-refractivity contribution in [1.29, 1.82) is 0 Å². The van der Waals surface area contributed by atoms with Gasteiger partial charge < -0.3 is 15.4 Å². The van der Waals surface area contributed by atoms with Crippen LogP contribution in [-0.2, 0) is 30.3 Å². The number of hydrogen-bond acceptors (Lipinski definition) is 6. The van der Waals surface area contributed by atoms with Crippen molar-refractivity contribution in [1.82, 2.24) is 0 Å². The summed E-state index contributed by atoms with van der Waals surface area (Å²) in [7, 11) is 0. The van der Waals surface area contributed by atoms with Crippen molar-refractivity contribution in [2.24, 2.45) is 15.8 Å². The molecule has 0 spiro atoms. The van der Waals surface area contributed by atoms with Crippen molar-refractivity contribution in [3.8, 4) is 0 Å². The molecule has 5 aromatic rings. The van der Waals surface area contributed by atoms with E-state index in [2.05, 4.69) is 88.5 Å². The quantitative estimate of drug-likeness (QED) is 0.0927. The fraction of sp³-hybridized carbons (Fsp3) is 0.442. The van der Waals surface area contributed by atoms with Crippen LogP contribution in [0, 0.1) is 30.7 Å². The summed E-state index contributed by atoms with van der Waals surface area (Å²) < 4.78 is 2.71. The minimum absolute atomic E-state index is 0. The Labute approximate surface area is 320 Å². The zero-order chi connectivity index (χ0) is 35.9. The van der Waals surface area contributed by atoms with Gasteiger partial charge in [-0.1, -0.05) is 97.5 Å². The molecular weight excluding hydrogens is 833 g/mol. The number of anilines is 1. The van der Waals surface area contributed by atoms with Gasteiger partial charge in [-0.25, -0.2) is 0 Å². The third-order valence-corrected chi connectivity index (χ3v) is 13.5. The summed E-state index contributed by atoms with van der Waals surface area (Å²) in [5, 5.41) is 18.9. The maximum Gasteiger partial charge on any atom is 0.164 e. The third-order valence-electron chi connectivity index (χ3n) is 11.1. The number of carbonyl (C=O) groups is 1. The summed E-state index contributed by atoms with van der Waals surface area (Å²) in [5.41, 5.74) is 5.58. The van der Waals surface area contributed by atoms with Crippen LogP contribution in [0.5, 0.6) is 0 Å². The summed E-state index contributed by atoms with van der Waals surface area (Å²) >= 11 is 3.75. The van der Waals surface area contributed by atoms with Crippen molar-refractivity contribution in [3.05, 3.63) is 86.8 Å². The van der Waals surface area contributed by atoms with E-state index >= 15 is 0 Å². The average molecular weight is 886 g/mol. The number of nitrogens with zero attached hydrogens (tertiary/aromatic N) is 1. The molecule has 0 saturated heterocycles. The average Bonchev–Trinajstić information content (AvgIpc) is 3.62. The van der Waals surface area contributed by atoms with Crippen LogP contribution < -0.4 is 5.32 Å². The maximum absolute atomic E-state index is 12.2. The van der Waals surface area contributed by atoms with Gasteiger partial charge in [0, 0.05) is 67.3 Å². The van der Waals surface area contributed by atoms with Gasteiger partial charge in [-0.15, -0.1) is 51.8 Å². The number of aliphatic hydroxyl groups is 1. The fourth-order valence-corrected chi connectivity index (χ4v) is 8.94. The molecule has 1 radical (unpaired) electrons. The molecule has 2 N–H and O–H groups in total. The van der Waals surface area contributed by atoms with Crippen LogP contribution in [0.15, 0.2) is 59.3 Å². The molecule has 0 fully saturated rings. The van der Waals surface area contributed by atoms with Crippen LogP contribution in [0.25, 0.3) is 30.9 Å². The molecule has 50 heavy (non-hydrogen) atoms. The number of aliphatic imine (C=N–C) groups is 1. The number of thiophene rings is 2. The molecule has 4 nitrogen and oxygen atoms in total. The number of aryl methyl sites for hydroxylation is 2. The smallest absolute Gasteiger partial charge is 0.164 e. The number of rotatable bonds is 8. The topological polar surface area (TPSA) is 61.7 Å². The second-order valence-electron chi connectivity index (χ2n) is 15.1. The molecule has 6 rings (SSSR count). The summed E-state index contributed by atoms with van der Waals surface area (Å²) in [6.07, 6.45) is 4.75. The van der Waals surface area contributed by atoms with Gasteiger partial charge in [-0.05, 0) is 62.0 Å². The van der Waals surface area contributed by atoms with Crippen LogP contribution in [0.1, 0.15) is 114 Å². The number of ketones is 1. The van der Waals surface area contributed by atoms with Gasteiger partial charge in [0.1, 0.15) is 5.76 Å². The number of carbonyl (C=O) groups excluding carboxylic acids is 1. The van der Waals surface area contributed by atoms with Gasteiger partial charge in [0.25, 0.3) is 0 Å². The summed E-state index contributed by atoms with van der Waals surface area (Å²) in [4.78, 5) is 19.8. The van der Waals surface area contributed by atoms with Crippen LogP contribution in [0.2, 0.25) is 0 Å². The van der Waals surface area contributed by atoms with Crippen molar-refractivity contribution in [2.45, 2.75) is 107 Å². The number of aliphatic hydroxyl groups excluding tert-OH is 1. The van der Waals surface area contributed by atoms with E-state index in [4.69, 9.17) is 4.99 Å². The van der Waals surface area contributed by atoms with Crippen molar-refractivity contribution >= 4 is 70.8 Å². The first-order chi connectivity index (χ1) is 23.1. The molecule has 269 valence electrons. The Morgan fingerprint density at radius 2 is 1.56 bits per heavy atom. The van der Waals surface area contributed by atoms with Crippen LogP contribution in [0.3, 0.4) is 0 Å². The van der Waals surface area contributed by atoms with Gasteiger partial charge in [-0.2, -0.15) is 0 Å². The number of allylic oxidation sites excluding steroid dienone is 2. The Morgan fingerprint density at radius 3 is 2.18 bits per heavy atom. The van der Waals surface area contributed by atoms with Crippen molar-refractivity contribution in [2.75, 3.05) is 12.0 Å². The molecule has 2 aromatic heterocycles. The first kappa shape index (κ1) is 39.9. The largest absolute Gasteiger partial charge is 0.512 e. The van der Waals surface area contributed by atoms with Crippen LogP contribution in [-0.4, -0.2) is 23.3 Å². The predicted molar refractivity (Wildman–Crippen MR) is 215 cm³/mol. The molecule has 0 aliphatic carbocycles. The zero-order valence-corrected chi connectivity index (χ0v) is 35.6. The van der Waals surface area contributed by atoms with Crippen molar-refractivity contribution < 1.29 is 30.0 Å². The van der Waals surface area contributed by atoms with Gasteiger partial charge in [0.05, 0.1) is 12.4 Å². The zero-order valence-electron chi connectivity index (χ0n) is 31.6. The summed E-state index contributed by atoms with van der Waals surface area (Å²) in [6, 6.07) is 19.2. The molecule has 0 amide bonds. The number of hydrogen-bond donors (Lipinski definition) is 2. The summed E-state index contributed by atoms with van der Waals surface area (Å²) in [5.74, 6) is 0.286. The molecule has 0 unspecified atom stereocenters. The Kier molecular flexibility index (Phi) is 12.3. The summed E-state index contributed by atoms with van der Waals surface area (Å²) in [6.45, 7) is 24.0. The second kappa shape index (κ2) is 15.4. The second-order valence-corrected chi connectivity index (χ2v) is 17.3. The molecular formula is C43H53IrN2O2S2-. The molecule has 0 bridgehead atoms. The van der Waals surface area contributed by atoms with Gasteiger partial charge >= 0.3 is 0 Å². The molecule has 3 heterocycles. The normalized spacial score (nSPS) is 13.7. The third kappa shape index (κ3) is 7.39. The first-order valence-corrected chi connectivity index (χ1v) is 19.4. The number of nitrogens with one attached hydrogen (secondary N) is 1. The molecule has 0 atom stereocenters. The Balaban J connectivity index is 0.000000269. The molecule has 0 saturated carbocycles. The van der Waals surface area contributed by atoms with Crippen molar-refractivity contribution in [3.63, 3.8) is 0 Å². The van der Waals surface area contributed by atoms with E-state index in [1.807, 2.05) is 64.2 Å². The first-order valence-electron chi connectivity index (χ1n) is 17.8. The fourth-order valence-electron chi connectivity index (χ4n) is 6.46. The SMILES string of the molecule is CCC(C)(CC)C(=O)/C=C(\O)C(C)(CC)CC.Cc1sc2c(ccc3sc4c(c32)NCN=C4c2[c-]c3ccccc3c(C(C)(C)C)c2)c1C.[Ir]. The molecule has 7 heteroatoms. The Hall–Kier alpha value is -2.83. The van der Waals surface area contributed by atoms with Gasteiger partial charge in [0.15, 0.2) is 5.78 Å². The minimum atomic E-state index is -0.337. The van der Waals surface area contributed by atoms with Gasteiger partial charge in [0.2, 0.25) is 0 Å². The molecule has 1 aliphatic heterocycles. The standard InChI is InChI=1S/C28H25N2S2.C15H28O2.Ir/c1-15-16(2)31-26-19(15)10-11-22-23(26)25-27(32-22)24(29-14-30-25)18-12-17-8-6-7-9-20(17)21(13-18)28(3,4)5;1-7-14(5,8-2)12(16)11-13(17)15(6,9-3)10-4;/h6-11,13,30H,14H2,1-5H3;11,16H,7-10H2,1-6H3;/q-1;;/b;12-11-;. The number of fused-ring (bicyclic) bond motifs is 6. The van der Waals surface area contributed by atoms with Crippen LogP contribution in [0.4, 0.5) is 5.69 Å². The van der Waals surface area contributed by atoms with E-state index < -0.39 is 0 Å². The van der Waals surface area contributed by atoms with E-state index in [0.29, 0.717) is 6.67 Å². The monoisotopic (exact) mass is 886 g/mol.